The molecule has 1 aromatic heterocycles. The second kappa shape index (κ2) is 9.34. The van der Waals surface area contributed by atoms with Gasteiger partial charge in [-0.15, -0.1) is 0 Å². The van der Waals surface area contributed by atoms with E-state index in [9.17, 15) is 4.79 Å². The number of nitrogens with two attached hydrogens (primary N) is 1. The Morgan fingerprint density at radius 1 is 1.16 bits per heavy atom. The van der Waals surface area contributed by atoms with Crippen LogP contribution in [0.1, 0.15) is 50.1 Å². The lowest BCUT2D eigenvalue weighted by atomic mass is 9.76. The summed E-state index contributed by atoms with van der Waals surface area (Å²) < 4.78 is 17.8. The maximum absolute atomic E-state index is 12.4. The van der Waals surface area contributed by atoms with Gasteiger partial charge in [-0.05, 0) is 69.8 Å². The molecule has 0 unspecified atom stereocenters. The summed E-state index contributed by atoms with van der Waals surface area (Å²) in [6.07, 6.45) is 1.44. The number of hydrogen-bond donors (Lipinski definition) is 2. The zero-order chi connectivity index (χ0) is 23.5. The molecule has 0 aliphatic carbocycles. The molecule has 2 heterocycles. The van der Waals surface area contributed by atoms with Crippen LogP contribution in [0.2, 0.25) is 0 Å². The normalized spacial score (nSPS) is 17.3. The van der Waals surface area contributed by atoms with Crippen molar-refractivity contribution in [3.63, 3.8) is 0 Å². The lowest BCUT2D eigenvalue weighted by Crippen LogP contribution is -2.41. The minimum atomic E-state index is -0.620. The highest BCUT2D eigenvalue weighted by Gasteiger charge is 2.52. The van der Waals surface area contributed by atoms with Crippen LogP contribution in [-0.4, -0.2) is 35.9 Å². The van der Waals surface area contributed by atoms with Crippen molar-refractivity contribution < 1.29 is 18.8 Å². The van der Waals surface area contributed by atoms with Gasteiger partial charge in [0, 0.05) is 12.2 Å². The topological polar surface area (TPSA) is 95.7 Å². The van der Waals surface area contributed by atoms with E-state index in [0.717, 1.165) is 27.9 Å². The number of ether oxygens (including phenoxy) is 1. The number of amides is 1. The number of carbonyl (C=O) groups is 1. The molecule has 8 heteroatoms. The predicted octanol–water partition coefficient (Wildman–Crippen LogP) is 4.22. The Hall–Kier alpha value is -2.84. The number of pyridine rings is 1. The average molecular weight is 437 g/mol. The molecule has 3 N–H and O–H groups in total. The first-order valence-corrected chi connectivity index (χ1v) is 10.7. The van der Waals surface area contributed by atoms with Gasteiger partial charge in [0.1, 0.15) is 12.4 Å². The first-order chi connectivity index (χ1) is 15.0. The van der Waals surface area contributed by atoms with Crippen LogP contribution < -0.4 is 11.1 Å². The maximum Gasteiger partial charge on any atom is 0.492 e. The minimum absolute atomic E-state index is 0.197. The van der Waals surface area contributed by atoms with E-state index in [2.05, 4.69) is 10.3 Å². The third kappa shape index (κ3) is 5.50. The van der Waals surface area contributed by atoms with E-state index in [1.165, 1.54) is 0 Å². The molecule has 7 nitrogen and oxygen atoms in total. The number of nitrogen functional groups attached to an aromatic ring is 1. The lowest BCUT2D eigenvalue weighted by Gasteiger charge is -2.32. The van der Waals surface area contributed by atoms with Gasteiger partial charge in [-0.2, -0.15) is 0 Å². The van der Waals surface area contributed by atoms with Gasteiger partial charge in [-0.1, -0.05) is 36.4 Å². The number of anilines is 1. The first kappa shape index (κ1) is 23.8. The van der Waals surface area contributed by atoms with Crippen LogP contribution in [0.5, 0.6) is 0 Å². The van der Waals surface area contributed by atoms with E-state index >= 15 is 0 Å². The summed E-state index contributed by atoms with van der Waals surface area (Å²) in [5.74, 6) is 0.469. The Morgan fingerprint density at radius 2 is 1.78 bits per heavy atom. The number of nitrogens with zero attached hydrogens (tertiary/aromatic N) is 1. The van der Waals surface area contributed by atoms with Crippen LogP contribution in [0.15, 0.2) is 41.9 Å². The SMILES string of the molecule is Cc1cc(N)nc(C)c1C=C(CNC(=O)OCc1ccccc1)B1OC(C)(C)C(C)(C)O1. The summed E-state index contributed by atoms with van der Waals surface area (Å²) in [7, 11) is -0.620. The van der Waals surface area contributed by atoms with Crippen molar-refractivity contribution in [2.45, 2.75) is 59.4 Å². The number of nitrogens with one attached hydrogen (secondary N) is 1. The monoisotopic (exact) mass is 437 g/mol. The largest absolute Gasteiger partial charge is 0.492 e. The third-order valence-corrected chi connectivity index (χ3v) is 6.01. The van der Waals surface area contributed by atoms with Crippen molar-refractivity contribution in [1.29, 1.82) is 0 Å². The molecule has 1 aliphatic heterocycles. The van der Waals surface area contributed by atoms with E-state index in [1.54, 1.807) is 0 Å². The maximum atomic E-state index is 12.4. The predicted molar refractivity (Wildman–Crippen MR) is 127 cm³/mol. The molecule has 0 spiro atoms. The minimum Gasteiger partial charge on any atom is -0.445 e. The van der Waals surface area contributed by atoms with Gasteiger partial charge in [0.2, 0.25) is 0 Å². The highest BCUT2D eigenvalue weighted by Crippen LogP contribution is 2.39. The second-order valence-electron chi connectivity index (χ2n) is 9.09. The molecule has 0 radical (unpaired) electrons. The zero-order valence-electron chi connectivity index (χ0n) is 19.7. The van der Waals surface area contributed by atoms with Gasteiger partial charge < -0.3 is 25.1 Å². The standard InChI is InChI=1S/C24H32BN3O4/c1-16-12-21(26)28-17(2)20(16)13-19(25-31-23(3,4)24(5,6)32-25)14-27-22(29)30-15-18-10-8-7-9-11-18/h7-13H,14-15H2,1-6H3,(H2,26,28)(H,27,29). The quantitative estimate of drug-likeness (QED) is 0.657. The Kier molecular flexibility index (Phi) is 6.95. The van der Waals surface area contributed by atoms with Gasteiger partial charge >= 0.3 is 13.2 Å². The van der Waals surface area contributed by atoms with Crippen LogP contribution in [-0.2, 0) is 20.7 Å². The molecule has 32 heavy (non-hydrogen) atoms. The molecule has 1 amide bonds. The van der Waals surface area contributed by atoms with Crippen molar-refractivity contribution in [2.24, 2.45) is 0 Å². The summed E-state index contributed by atoms with van der Waals surface area (Å²) in [5, 5.41) is 2.82. The zero-order valence-corrected chi connectivity index (χ0v) is 19.7. The van der Waals surface area contributed by atoms with Crippen molar-refractivity contribution in [3.05, 3.63) is 64.3 Å². The molecular formula is C24H32BN3O4. The summed E-state index contributed by atoms with van der Waals surface area (Å²) in [4.78, 5) is 16.7. The fourth-order valence-electron chi connectivity index (χ4n) is 3.42. The Bertz CT molecular complexity index is 967. The van der Waals surface area contributed by atoms with E-state index in [1.807, 2.05) is 84.0 Å². The molecule has 170 valence electrons. The molecule has 0 saturated carbocycles. The molecule has 1 aromatic carbocycles. The van der Waals surface area contributed by atoms with Crippen LogP contribution >= 0.6 is 0 Å². The number of rotatable bonds is 6. The molecule has 0 atom stereocenters. The number of alkyl carbamates (subject to hydrolysis) is 1. The van der Waals surface area contributed by atoms with Crippen LogP contribution in [0.4, 0.5) is 10.6 Å². The van der Waals surface area contributed by atoms with Gasteiger partial charge in [-0.3, -0.25) is 0 Å². The Balaban J connectivity index is 1.79. The van der Waals surface area contributed by atoms with Crippen LogP contribution in [0.3, 0.4) is 0 Å². The molecule has 1 fully saturated rings. The van der Waals surface area contributed by atoms with Crippen molar-refractivity contribution in [3.8, 4) is 0 Å². The molecule has 1 saturated heterocycles. The number of aromatic nitrogens is 1. The van der Waals surface area contributed by atoms with Gasteiger partial charge in [-0.25, -0.2) is 9.78 Å². The number of aryl methyl sites for hydroxylation is 2. The average Bonchev–Trinajstić information content (AvgIpc) is 2.93. The van der Waals surface area contributed by atoms with Gasteiger partial charge in [0.25, 0.3) is 0 Å². The summed E-state index contributed by atoms with van der Waals surface area (Å²) >= 11 is 0. The fourth-order valence-corrected chi connectivity index (χ4v) is 3.42. The number of hydrogen-bond acceptors (Lipinski definition) is 6. The van der Waals surface area contributed by atoms with Crippen LogP contribution in [0, 0.1) is 13.8 Å². The molecule has 0 bridgehead atoms. The molecule has 3 rings (SSSR count). The van der Waals surface area contributed by atoms with E-state index in [0.29, 0.717) is 5.82 Å². The highest BCUT2D eigenvalue weighted by atomic mass is 16.7. The van der Waals surface area contributed by atoms with E-state index < -0.39 is 24.4 Å². The second-order valence-corrected chi connectivity index (χ2v) is 9.09. The Labute approximate surface area is 190 Å². The number of carbonyl (C=O) groups excluding carboxylic acids is 1. The smallest absolute Gasteiger partial charge is 0.445 e. The lowest BCUT2D eigenvalue weighted by molar-refractivity contribution is 0.00578. The molecular weight excluding hydrogens is 405 g/mol. The van der Waals surface area contributed by atoms with Crippen LogP contribution in [0.25, 0.3) is 6.08 Å². The van der Waals surface area contributed by atoms with E-state index in [4.69, 9.17) is 19.8 Å². The molecule has 2 aromatic rings. The van der Waals surface area contributed by atoms with Gasteiger partial charge in [0.05, 0.1) is 11.2 Å². The highest BCUT2D eigenvalue weighted by molar-refractivity contribution is 6.56. The van der Waals surface area contributed by atoms with E-state index in [-0.39, 0.29) is 13.2 Å². The Morgan fingerprint density at radius 3 is 2.38 bits per heavy atom. The van der Waals surface area contributed by atoms with Gasteiger partial charge in [0.15, 0.2) is 0 Å². The first-order valence-electron chi connectivity index (χ1n) is 10.7. The number of benzene rings is 1. The summed E-state index contributed by atoms with van der Waals surface area (Å²) in [5.41, 5.74) is 9.24. The van der Waals surface area contributed by atoms with Crippen molar-refractivity contribution >= 4 is 25.1 Å². The summed E-state index contributed by atoms with van der Waals surface area (Å²) in [6.45, 7) is 12.2. The fraction of sp³-hybridized carbons (Fsp3) is 0.417. The summed E-state index contributed by atoms with van der Waals surface area (Å²) in [6, 6.07) is 11.4. The third-order valence-electron chi connectivity index (χ3n) is 6.01. The van der Waals surface area contributed by atoms with Crippen molar-refractivity contribution in [1.82, 2.24) is 10.3 Å². The van der Waals surface area contributed by atoms with Crippen molar-refractivity contribution in [2.75, 3.05) is 12.3 Å². The molecule has 1 aliphatic rings.